The first-order chi connectivity index (χ1) is 13.1. The Kier molecular flexibility index (Phi) is 5.79. The Bertz CT molecular complexity index is 875. The zero-order valence-corrected chi connectivity index (χ0v) is 16.4. The van der Waals surface area contributed by atoms with Crippen molar-refractivity contribution in [1.82, 2.24) is 4.90 Å². The van der Waals surface area contributed by atoms with Crippen LogP contribution < -0.4 is 5.32 Å². The lowest BCUT2D eigenvalue weighted by Crippen LogP contribution is -2.26. The highest BCUT2D eigenvalue weighted by Gasteiger charge is 2.34. The summed E-state index contributed by atoms with van der Waals surface area (Å²) in [5.74, 6) is -0.444. The molecule has 0 saturated heterocycles. The molecule has 1 aliphatic heterocycles. The number of rotatable bonds is 4. The Morgan fingerprint density at radius 3 is 2.57 bits per heavy atom. The van der Waals surface area contributed by atoms with Gasteiger partial charge >= 0.3 is 6.18 Å². The van der Waals surface area contributed by atoms with E-state index in [4.69, 9.17) is 0 Å². The van der Waals surface area contributed by atoms with Crippen LogP contribution in [0.2, 0.25) is 0 Å². The highest BCUT2D eigenvalue weighted by molar-refractivity contribution is 6.04. The van der Waals surface area contributed by atoms with E-state index in [0.717, 1.165) is 31.1 Å². The molecule has 0 fully saturated rings. The van der Waals surface area contributed by atoms with E-state index in [1.54, 1.807) is 6.07 Å². The van der Waals surface area contributed by atoms with Crippen LogP contribution in [0.3, 0.4) is 0 Å². The monoisotopic (exact) mass is 390 g/mol. The number of hydrogen-bond acceptors (Lipinski definition) is 2. The van der Waals surface area contributed by atoms with E-state index in [1.165, 1.54) is 17.7 Å². The summed E-state index contributed by atoms with van der Waals surface area (Å²) in [6.45, 7) is 5.52. The summed E-state index contributed by atoms with van der Waals surface area (Å²) >= 11 is 0. The predicted octanol–water partition coefficient (Wildman–Crippen LogP) is 5.14. The van der Waals surface area contributed by atoms with Gasteiger partial charge in [0.2, 0.25) is 0 Å². The maximum Gasteiger partial charge on any atom is 0.416 e. The third-order valence-electron chi connectivity index (χ3n) is 4.97. The molecule has 3 rings (SSSR count). The average Bonchev–Trinajstić information content (AvgIpc) is 2.60. The molecule has 0 unspecified atom stereocenters. The number of carbonyl (C=O) groups is 1. The van der Waals surface area contributed by atoms with Gasteiger partial charge in [-0.2, -0.15) is 13.2 Å². The van der Waals surface area contributed by atoms with E-state index >= 15 is 0 Å². The Balaban J connectivity index is 1.84. The number of nitrogens with one attached hydrogen (secondary N) is 1. The molecular formula is C22H25F3N2O. The van der Waals surface area contributed by atoms with Gasteiger partial charge in [-0.05, 0) is 66.8 Å². The highest BCUT2D eigenvalue weighted by atomic mass is 19.4. The Morgan fingerprint density at radius 2 is 1.89 bits per heavy atom. The SMILES string of the molecule is CC(C)Cc1ccc(C(=O)Nc2ccc3c(c2)CN(C)CC3)cc1C(F)(F)F. The molecule has 2 aromatic carbocycles. The van der Waals surface area contributed by atoms with E-state index in [0.29, 0.717) is 12.1 Å². The van der Waals surface area contributed by atoms with Crippen molar-refractivity contribution in [3.63, 3.8) is 0 Å². The van der Waals surface area contributed by atoms with Gasteiger partial charge in [-0.15, -0.1) is 0 Å². The van der Waals surface area contributed by atoms with Gasteiger partial charge in [0.1, 0.15) is 0 Å². The van der Waals surface area contributed by atoms with Gasteiger partial charge in [0.15, 0.2) is 0 Å². The maximum atomic E-state index is 13.5. The van der Waals surface area contributed by atoms with E-state index in [2.05, 4.69) is 10.2 Å². The number of nitrogens with zero attached hydrogens (tertiary/aromatic N) is 1. The number of hydrogen-bond donors (Lipinski definition) is 1. The third kappa shape index (κ3) is 4.73. The average molecular weight is 390 g/mol. The van der Waals surface area contributed by atoms with E-state index in [9.17, 15) is 18.0 Å². The third-order valence-corrected chi connectivity index (χ3v) is 4.97. The van der Waals surface area contributed by atoms with Gasteiger partial charge in [-0.3, -0.25) is 4.79 Å². The van der Waals surface area contributed by atoms with Crippen LogP contribution in [0.5, 0.6) is 0 Å². The molecular weight excluding hydrogens is 365 g/mol. The summed E-state index contributed by atoms with van der Waals surface area (Å²) in [6, 6.07) is 9.53. The van der Waals surface area contributed by atoms with Crippen LogP contribution in [-0.2, 0) is 25.6 Å². The zero-order valence-electron chi connectivity index (χ0n) is 16.4. The topological polar surface area (TPSA) is 32.3 Å². The van der Waals surface area contributed by atoms with Crippen molar-refractivity contribution in [2.45, 2.75) is 39.4 Å². The summed E-state index contributed by atoms with van der Waals surface area (Å²) < 4.78 is 40.4. The van der Waals surface area contributed by atoms with Crippen LogP contribution in [0.15, 0.2) is 36.4 Å². The zero-order chi connectivity index (χ0) is 20.5. The standard InChI is InChI=1S/C22H25F3N2O/c1-14(2)10-16-4-5-17(12-20(16)22(23,24)25)21(28)26-19-7-6-15-8-9-27(3)13-18(15)11-19/h4-7,11-12,14H,8-10,13H2,1-3H3,(H,26,28). The number of fused-ring (bicyclic) bond motifs is 1. The van der Waals surface area contributed by atoms with E-state index in [-0.39, 0.29) is 17.0 Å². The van der Waals surface area contributed by atoms with Crippen molar-refractivity contribution in [1.29, 1.82) is 0 Å². The largest absolute Gasteiger partial charge is 0.416 e. The summed E-state index contributed by atoms with van der Waals surface area (Å²) in [5, 5.41) is 2.74. The van der Waals surface area contributed by atoms with Crippen molar-refractivity contribution in [3.05, 3.63) is 64.2 Å². The van der Waals surface area contributed by atoms with Crippen LogP contribution in [0.1, 0.15) is 46.5 Å². The fourth-order valence-corrected chi connectivity index (χ4v) is 3.58. The van der Waals surface area contributed by atoms with Gasteiger partial charge in [0.25, 0.3) is 5.91 Å². The van der Waals surface area contributed by atoms with Crippen LogP contribution >= 0.6 is 0 Å². The Hall–Kier alpha value is -2.34. The number of alkyl halides is 3. The number of likely N-dealkylation sites (N-methyl/N-ethyl adjacent to an activating group) is 1. The molecule has 1 heterocycles. The lowest BCUT2D eigenvalue weighted by Gasteiger charge is -2.25. The molecule has 1 amide bonds. The minimum absolute atomic E-state index is 0.00895. The van der Waals surface area contributed by atoms with Gasteiger partial charge in [-0.1, -0.05) is 26.0 Å². The summed E-state index contributed by atoms with van der Waals surface area (Å²) in [7, 11) is 2.03. The number of anilines is 1. The van der Waals surface area contributed by atoms with Gasteiger partial charge in [-0.25, -0.2) is 0 Å². The summed E-state index contributed by atoms with van der Waals surface area (Å²) in [6.07, 6.45) is -3.22. The van der Waals surface area contributed by atoms with Crippen molar-refractivity contribution in [2.24, 2.45) is 5.92 Å². The van der Waals surface area contributed by atoms with Crippen molar-refractivity contribution >= 4 is 11.6 Å². The molecule has 0 aliphatic carbocycles. The molecule has 3 nitrogen and oxygen atoms in total. The predicted molar refractivity (Wildman–Crippen MR) is 104 cm³/mol. The van der Waals surface area contributed by atoms with E-state index in [1.807, 2.05) is 33.0 Å². The maximum absolute atomic E-state index is 13.5. The molecule has 0 atom stereocenters. The molecule has 0 spiro atoms. The lowest BCUT2D eigenvalue weighted by atomic mass is 9.95. The second kappa shape index (κ2) is 7.95. The molecule has 0 saturated carbocycles. The van der Waals surface area contributed by atoms with Crippen LogP contribution in [0.25, 0.3) is 0 Å². The van der Waals surface area contributed by atoms with Gasteiger partial charge < -0.3 is 10.2 Å². The number of halogens is 3. The first kappa shape index (κ1) is 20.4. The minimum atomic E-state index is -4.49. The summed E-state index contributed by atoms with van der Waals surface area (Å²) in [4.78, 5) is 14.8. The molecule has 1 aliphatic rings. The van der Waals surface area contributed by atoms with Crippen LogP contribution in [-0.4, -0.2) is 24.4 Å². The molecule has 0 radical (unpaired) electrons. The smallest absolute Gasteiger partial charge is 0.322 e. The highest BCUT2D eigenvalue weighted by Crippen LogP contribution is 2.34. The minimum Gasteiger partial charge on any atom is -0.322 e. The lowest BCUT2D eigenvalue weighted by molar-refractivity contribution is -0.138. The number of benzene rings is 2. The van der Waals surface area contributed by atoms with Gasteiger partial charge in [0, 0.05) is 24.3 Å². The van der Waals surface area contributed by atoms with Crippen molar-refractivity contribution < 1.29 is 18.0 Å². The second-order valence-electron chi connectivity index (χ2n) is 7.89. The fourth-order valence-electron chi connectivity index (χ4n) is 3.58. The Morgan fingerprint density at radius 1 is 1.14 bits per heavy atom. The number of amides is 1. The summed E-state index contributed by atoms with van der Waals surface area (Å²) in [5.41, 5.74) is 2.47. The van der Waals surface area contributed by atoms with Crippen LogP contribution in [0, 0.1) is 5.92 Å². The first-order valence-electron chi connectivity index (χ1n) is 9.45. The Labute approximate surface area is 163 Å². The van der Waals surface area contributed by atoms with Crippen molar-refractivity contribution in [3.8, 4) is 0 Å². The molecule has 0 bridgehead atoms. The fraction of sp³-hybridized carbons (Fsp3) is 0.409. The number of carbonyl (C=O) groups excluding carboxylic acids is 1. The van der Waals surface area contributed by atoms with Crippen LogP contribution in [0.4, 0.5) is 18.9 Å². The molecule has 6 heteroatoms. The van der Waals surface area contributed by atoms with E-state index < -0.39 is 17.6 Å². The van der Waals surface area contributed by atoms with Crippen molar-refractivity contribution in [2.75, 3.05) is 18.9 Å². The molecule has 2 aromatic rings. The van der Waals surface area contributed by atoms with Gasteiger partial charge in [0.05, 0.1) is 5.56 Å². The first-order valence-corrected chi connectivity index (χ1v) is 9.45. The quantitative estimate of drug-likeness (QED) is 0.784. The molecule has 0 aromatic heterocycles. The molecule has 1 N–H and O–H groups in total. The molecule has 28 heavy (non-hydrogen) atoms. The normalized spacial score (nSPS) is 14.8. The molecule has 150 valence electrons. The second-order valence-corrected chi connectivity index (χ2v) is 7.89.